The molecule has 3 heterocycles. The lowest BCUT2D eigenvalue weighted by atomic mass is 10.2. The number of aliphatic hydroxyl groups excluding tert-OH is 1. The van der Waals surface area contributed by atoms with E-state index in [1.54, 1.807) is 11.8 Å². The highest BCUT2D eigenvalue weighted by atomic mass is 32.2. The second kappa shape index (κ2) is 7.92. The predicted molar refractivity (Wildman–Crippen MR) is 106 cm³/mol. The zero-order valence-electron chi connectivity index (χ0n) is 15.8. The molecule has 142 valence electrons. The van der Waals surface area contributed by atoms with Gasteiger partial charge in [0.1, 0.15) is 5.76 Å². The largest absolute Gasteiger partial charge is 0.453 e. The summed E-state index contributed by atoms with van der Waals surface area (Å²) in [5.41, 5.74) is 3.20. The molecular formula is C21H25N3O2S. The number of hydrogen-bond donors (Lipinski definition) is 1. The lowest BCUT2D eigenvalue weighted by Crippen LogP contribution is -2.33. The van der Waals surface area contributed by atoms with Gasteiger partial charge in [-0.05, 0) is 43.7 Å². The van der Waals surface area contributed by atoms with Crippen LogP contribution in [-0.2, 0) is 19.6 Å². The molecule has 0 radical (unpaired) electrons. The zero-order chi connectivity index (χ0) is 18.8. The number of aromatic nitrogens is 2. The van der Waals surface area contributed by atoms with Gasteiger partial charge < -0.3 is 9.52 Å². The van der Waals surface area contributed by atoms with Crippen molar-refractivity contribution in [1.82, 2.24) is 14.7 Å². The summed E-state index contributed by atoms with van der Waals surface area (Å²) < 4.78 is 8.05. The minimum Gasteiger partial charge on any atom is -0.453 e. The molecule has 3 aromatic rings. The molecule has 0 saturated carbocycles. The first kappa shape index (κ1) is 18.3. The topological polar surface area (TPSA) is 54.4 Å². The van der Waals surface area contributed by atoms with Crippen molar-refractivity contribution in [3.63, 3.8) is 0 Å². The number of hydrogen-bond acceptors (Lipinski definition) is 5. The number of aliphatic hydroxyl groups is 1. The van der Waals surface area contributed by atoms with Gasteiger partial charge in [-0.15, -0.1) is 0 Å². The van der Waals surface area contributed by atoms with Gasteiger partial charge in [-0.25, -0.2) is 0 Å². The molecule has 0 aliphatic carbocycles. The standard InChI is InChI=1S/C21H25N3O2S/c1-3-20(25)19-12-16-13-23(10-11-24(16)22-19)14-17-6-9-21(26-17)27-18-7-4-15(2)5-8-18/h4-9,12,20,25H,3,10-11,13-14H2,1-2H3. The summed E-state index contributed by atoms with van der Waals surface area (Å²) in [6.45, 7) is 7.44. The molecule has 4 rings (SSSR count). The molecule has 1 aliphatic heterocycles. The van der Waals surface area contributed by atoms with Gasteiger partial charge in [0.2, 0.25) is 0 Å². The van der Waals surface area contributed by atoms with Crippen LogP contribution in [0.4, 0.5) is 0 Å². The summed E-state index contributed by atoms with van der Waals surface area (Å²) in [7, 11) is 0. The summed E-state index contributed by atoms with van der Waals surface area (Å²) in [4.78, 5) is 3.54. The molecule has 5 nitrogen and oxygen atoms in total. The lowest BCUT2D eigenvalue weighted by molar-refractivity contribution is 0.165. The Bertz CT molecular complexity index is 901. The van der Waals surface area contributed by atoms with Crippen LogP contribution in [0.15, 0.2) is 56.9 Å². The van der Waals surface area contributed by atoms with Crippen LogP contribution >= 0.6 is 11.8 Å². The van der Waals surface area contributed by atoms with Crippen LogP contribution in [0.25, 0.3) is 0 Å². The predicted octanol–water partition coefficient (Wildman–Crippen LogP) is 4.39. The molecule has 2 aromatic heterocycles. The number of fused-ring (bicyclic) bond motifs is 1. The number of nitrogens with zero attached hydrogens (tertiary/aromatic N) is 3. The molecule has 1 aliphatic rings. The normalized spacial score (nSPS) is 15.7. The van der Waals surface area contributed by atoms with Crippen molar-refractivity contribution >= 4 is 11.8 Å². The molecular weight excluding hydrogens is 358 g/mol. The molecule has 0 spiro atoms. The van der Waals surface area contributed by atoms with E-state index in [9.17, 15) is 5.11 Å². The van der Waals surface area contributed by atoms with Crippen LogP contribution in [0.2, 0.25) is 0 Å². The van der Waals surface area contributed by atoms with Gasteiger partial charge in [-0.1, -0.05) is 36.4 Å². The first-order valence-corrected chi connectivity index (χ1v) is 10.2. The van der Waals surface area contributed by atoms with E-state index < -0.39 is 6.10 Å². The Morgan fingerprint density at radius 3 is 2.78 bits per heavy atom. The van der Waals surface area contributed by atoms with Crippen molar-refractivity contribution in [3.8, 4) is 0 Å². The smallest absolute Gasteiger partial charge is 0.165 e. The van der Waals surface area contributed by atoms with Gasteiger partial charge in [0.25, 0.3) is 0 Å². The Balaban J connectivity index is 1.38. The number of benzene rings is 1. The third kappa shape index (κ3) is 4.29. The van der Waals surface area contributed by atoms with Crippen molar-refractivity contribution in [1.29, 1.82) is 0 Å². The molecule has 1 unspecified atom stereocenters. The number of furan rings is 1. The van der Waals surface area contributed by atoms with Crippen LogP contribution in [0.5, 0.6) is 0 Å². The average Bonchev–Trinajstić information content (AvgIpc) is 3.29. The quantitative estimate of drug-likeness (QED) is 0.684. The maximum absolute atomic E-state index is 10.0. The van der Waals surface area contributed by atoms with Crippen LogP contribution < -0.4 is 0 Å². The molecule has 1 N–H and O–H groups in total. The van der Waals surface area contributed by atoms with Crippen LogP contribution in [0.3, 0.4) is 0 Å². The third-order valence-corrected chi connectivity index (χ3v) is 5.81. The van der Waals surface area contributed by atoms with Crippen LogP contribution in [-0.4, -0.2) is 26.3 Å². The highest BCUT2D eigenvalue weighted by molar-refractivity contribution is 7.99. The molecule has 0 saturated heterocycles. The Morgan fingerprint density at radius 2 is 2.00 bits per heavy atom. The fraction of sp³-hybridized carbons (Fsp3) is 0.381. The van der Waals surface area contributed by atoms with Crippen molar-refractivity contribution in [2.75, 3.05) is 6.54 Å². The van der Waals surface area contributed by atoms with Crippen molar-refractivity contribution in [3.05, 3.63) is 65.2 Å². The second-order valence-electron chi connectivity index (χ2n) is 7.05. The SMILES string of the molecule is CCC(O)c1cc2n(n1)CCN(Cc1ccc(Sc3ccc(C)cc3)o1)C2. The summed E-state index contributed by atoms with van der Waals surface area (Å²) in [6, 6.07) is 14.6. The van der Waals surface area contributed by atoms with Gasteiger partial charge in [0.15, 0.2) is 5.09 Å². The molecule has 1 aromatic carbocycles. The number of aryl methyl sites for hydroxylation is 1. The second-order valence-corrected chi connectivity index (χ2v) is 8.13. The number of rotatable bonds is 6. The fourth-order valence-corrected chi connectivity index (χ4v) is 4.08. The van der Waals surface area contributed by atoms with E-state index in [4.69, 9.17) is 4.42 Å². The first-order valence-electron chi connectivity index (χ1n) is 9.41. The van der Waals surface area contributed by atoms with Crippen LogP contribution in [0.1, 0.15) is 42.2 Å². The zero-order valence-corrected chi connectivity index (χ0v) is 16.6. The maximum Gasteiger partial charge on any atom is 0.165 e. The third-order valence-electron chi connectivity index (χ3n) is 4.88. The maximum atomic E-state index is 10.0. The molecule has 6 heteroatoms. The Kier molecular flexibility index (Phi) is 5.38. The Labute approximate surface area is 164 Å². The molecule has 27 heavy (non-hydrogen) atoms. The van der Waals surface area contributed by atoms with Gasteiger partial charge in [-0.3, -0.25) is 9.58 Å². The first-order chi connectivity index (χ1) is 13.1. The molecule has 0 amide bonds. The molecule has 0 fully saturated rings. The highest BCUT2D eigenvalue weighted by Gasteiger charge is 2.21. The van der Waals surface area contributed by atoms with E-state index >= 15 is 0 Å². The highest BCUT2D eigenvalue weighted by Crippen LogP contribution is 2.30. The van der Waals surface area contributed by atoms with E-state index in [-0.39, 0.29) is 0 Å². The van der Waals surface area contributed by atoms with E-state index in [0.29, 0.717) is 6.42 Å². The Morgan fingerprint density at radius 1 is 1.19 bits per heavy atom. The lowest BCUT2D eigenvalue weighted by Gasteiger charge is -2.26. The molecule has 0 bridgehead atoms. The summed E-state index contributed by atoms with van der Waals surface area (Å²) in [6.07, 6.45) is 0.219. The van der Waals surface area contributed by atoms with Gasteiger partial charge in [0, 0.05) is 18.0 Å². The van der Waals surface area contributed by atoms with Gasteiger partial charge >= 0.3 is 0 Å². The van der Waals surface area contributed by atoms with E-state index in [1.165, 1.54) is 10.5 Å². The minimum atomic E-state index is -0.469. The summed E-state index contributed by atoms with van der Waals surface area (Å²) in [5, 5.41) is 15.5. The summed E-state index contributed by atoms with van der Waals surface area (Å²) >= 11 is 1.65. The summed E-state index contributed by atoms with van der Waals surface area (Å²) in [5.74, 6) is 0.978. The Hall–Kier alpha value is -2.02. The average molecular weight is 384 g/mol. The monoisotopic (exact) mass is 383 g/mol. The van der Waals surface area contributed by atoms with E-state index in [0.717, 1.165) is 48.4 Å². The van der Waals surface area contributed by atoms with Crippen molar-refractivity contribution in [2.24, 2.45) is 0 Å². The molecule has 1 atom stereocenters. The van der Waals surface area contributed by atoms with E-state index in [1.807, 2.05) is 23.7 Å². The van der Waals surface area contributed by atoms with Crippen molar-refractivity contribution in [2.45, 2.75) is 56.0 Å². The van der Waals surface area contributed by atoms with Gasteiger partial charge in [0.05, 0.1) is 30.6 Å². The van der Waals surface area contributed by atoms with Crippen LogP contribution in [0, 0.1) is 6.92 Å². The van der Waals surface area contributed by atoms with E-state index in [2.05, 4.69) is 47.3 Å². The van der Waals surface area contributed by atoms with Gasteiger partial charge in [-0.2, -0.15) is 5.10 Å². The fourth-order valence-electron chi connectivity index (χ4n) is 3.29. The minimum absolute atomic E-state index is 0.469. The van der Waals surface area contributed by atoms with Crippen molar-refractivity contribution < 1.29 is 9.52 Å².